The third-order valence-electron chi connectivity index (χ3n) is 17.7. The molecular formula is C61H76FN5O13. The van der Waals surface area contributed by atoms with Crippen molar-refractivity contribution in [1.29, 1.82) is 0 Å². The molecule has 2 aliphatic carbocycles. The number of aliphatic hydroxyl groups is 2. The van der Waals surface area contributed by atoms with Gasteiger partial charge in [-0.1, -0.05) is 45.9 Å². The van der Waals surface area contributed by atoms with E-state index in [4.69, 9.17) is 18.9 Å². The Hall–Kier alpha value is -6.67. The van der Waals surface area contributed by atoms with Crippen LogP contribution in [0.15, 0.2) is 64.6 Å². The number of carbonyl (C=O) groups excluding carboxylic acids is 5. The molecule has 2 saturated heterocycles. The summed E-state index contributed by atoms with van der Waals surface area (Å²) in [5.74, 6) is -9.28. The number of carbonyl (C=O) groups is 5. The minimum absolute atomic E-state index is 0.0121. The van der Waals surface area contributed by atoms with Gasteiger partial charge in [0.25, 0.3) is 17.2 Å². The van der Waals surface area contributed by atoms with E-state index in [-0.39, 0.29) is 70.0 Å². The number of nitrogens with zero attached hydrogens (tertiary/aromatic N) is 3. The van der Waals surface area contributed by atoms with Gasteiger partial charge in [0.15, 0.2) is 5.82 Å². The quantitative estimate of drug-likeness (QED) is 0.146. The molecule has 5 bridgehead atoms. The number of aromatic nitrogens is 1. The minimum atomic E-state index is -2.12. The van der Waals surface area contributed by atoms with E-state index in [0.717, 1.165) is 35.9 Å². The molecule has 80 heavy (non-hydrogen) atoms. The fraction of sp³-hybridized carbons (Fsp3) is 0.541. The zero-order valence-electron chi connectivity index (χ0n) is 47.6. The number of phenols is 1. The number of anilines is 1. The second-order valence-electron chi connectivity index (χ2n) is 23.3. The first-order valence-corrected chi connectivity index (χ1v) is 28.0. The number of methoxy groups -OCH3 is 1. The fourth-order valence-corrected chi connectivity index (χ4v) is 12.7. The van der Waals surface area contributed by atoms with Gasteiger partial charge in [-0.15, -0.1) is 0 Å². The fourth-order valence-electron chi connectivity index (χ4n) is 12.7. The Morgan fingerprint density at radius 2 is 1.56 bits per heavy atom. The van der Waals surface area contributed by atoms with Gasteiger partial charge in [0.1, 0.15) is 29.0 Å². The molecule has 10 atom stereocenters. The van der Waals surface area contributed by atoms with Crippen LogP contribution in [0.25, 0.3) is 5.52 Å². The van der Waals surface area contributed by atoms with Crippen molar-refractivity contribution < 1.29 is 62.6 Å². The van der Waals surface area contributed by atoms with E-state index in [9.17, 15) is 34.5 Å². The molecule has 430 valence electrons. The standard InChI is InChI=1S/C61H76FN5O13/c1-29-13-12-14-30(2)59(75)64-47-50(65-21-17-38(18-22-65)26-63-40-19-23-66(27-40)49-33(5)48-41(39-15-16-39)25-31(3)60(76)67(48)28-42(49)62)55(73)44-45(54(47)72)53(71)36(8)57-46(44)58(74)61(10,80-57)78-24-20-43(77-11)32(4)56(79-37(9)68)35(7)52(70)34(6)51(29)69/h12-14,20,24-25,28-29,32,34-35,38-40,43,51-52,56,63,69-71H,15-19,21-23,26-27H2,1-11H3,(H,64,75)/b13-12+,24-20+,30-14-/t29-,32+,34+,35+,40-,43-,51-,52+,56+,61-/m0/s1. The van der Waals surface area contributed by atoms with Crippen LogP contribution in [0, 0.1) is 56.2 Å². The zero-order valence-corrected chi connectivity index (χ0v) is 47.6. The highest BCUT2D eigenvalue weighted by Crippen LogP contribution is 2.50. The number of rotatable bonds is 8. The molecule has 7 heterocycles. The van der Waals surface area contributed by atoms with Crippen molar-refractivity contribution in [3.63, 3.8) is 0 Å². The Bertz CT molecular complexity index is 3220. The molecule has 10 rings (SSSR count). The van der Waals surface area contributed by atoms with Crippen LogP contribution >= 0.6 is 0 Å². The molecule has 7 aliphatic rings. The number of ketones is 3. The average Bonchev–Trinajstić information content (AvgIpc) is 4.19. The topological polar surface area (TPSA) is 235 Å². The number of hydrogen-bond donors (Lipinski definition) is 5. The third-order valence-corrected chi connectivity index (χ3v) is 17.7. The number of fused-ring (bicyclic) bond motifs is 15. The Morgan fingerprint density at radius 1 is 0.875 bits per heavy atom. The molecule has 0 spiro atoms. The van der Waals surface area contributed by atoms with Gasteiger partial charge >= 0.3 is 11.8 Å². The smallest absolute Gasteiger partial charge is 0.312 e. The van der Waals surface area contributed by atoms with Crippen molar-refractivity contribution in [3.8, 4) is 11.5 Å². The number of allylic oxidation sites excluding steroid dienone is 4. The summed E-state index contributed by atoms with van der Waals surface area (Å²) in [5, 5.41) is 41.4. The van der Waals surface area contributed by atoms with Crippen molar-refractivity contribution >= 4 is 40.4 Å². The summed E-state index contributed by atoms with van der Waals surface area (Å²) >= 11 is 0. The van der Waals surface area contributed by atoms with Crippen LogP contribution in [0.1, 0.15) is 140 Å². The molecule has 18 nitrogen and oxygen atoms in total. The maximum Gasteiger partial charge on any atom is 0.312 e. The zero-order chi connectivity index (χ0) is 58.0. The molecule has 0 unspecified atom stereocenters. The summed E-state index contributed by atoms with van der Waals surface area (Å²) in [7, 11) is 1.43. The predicted molar refractivity (Wildman–Crippen MR) is 296 cm³/mol. The van der Waals surface area contributed by atoms with Crippen LogP contribution < -0.4 is 25.8 Å². The Balaban J connectivity index is 0.993. The van der Waals surface area contributed by atoms with Crippen molar-refractivity contribution in [3.05, 3.63) is 115 Å². The van der Waals surface area contributed by atoms with Crippen molar-refractivity contribution in [2.24, 2.45) is 29.6 Å². The summed E-state index contributed by atoms with van der Waals surface area (Å²) in [6.45, 7) is 18.5. The summed E-state index contributed by atoms with van der Waals surface area (Å²) in [6.07, 6.45) is 8.70. The maximum absolute atomic E-state index is 16.0. The van der Waals surface area contributed by atoms with Crippen LogP contribution in [0.4, 0.5) is 10.1 Å². The molecule has 0 radical (unpaired) electrons. The normalized spacial score (nSPS) is 30.5. The number of hydrogen-bond acceptors (Lipinski definition) is 16. The Kier molecular flexibility index (Phi) is 16.5. The number of aryl methyl sites for hydroxylation is 2. The average molecular weight is 1110 g/mol. The van der Waals surface area contributed by atoms with E-state index in [2.05, 4.69) is 15.5 Å². The first-order valence-electron chi connectivity index (χ1n) is 28.0. The number of nitrogens with one attached hydrogen (secondary N) is 2. The van der Waals surface area contributed by atoms with E-state index in [1.807, 2.05) is 13.0 Å². The number of esters is 1. The molecular weight excluding hydrogens is 1030 g/mol. The molecule has 19 heteroatoms. The van der Waals surface area contributed by atoms with E-state index >= 15 is 14.0 Å². The Morgan fingerprint density at radius 3 is 2.23 bits per heavy atom. The largest absolute Gasteiger partial charge is 0.507 e. The van der Waals surface area contributed by atoms with Gasteiger partial charge in [0.05, 0.1) is 58.7 Å². The molecule has 1 saturated carbocycles. The van der Waals surface area contributed by atoms with Crippen molar-refractivity contribution in [2.75, 3.05) is 44.7 Å². The first kappa shape index (κ1) is 58.0. The highest BCUT2D eigenvalue weighted by molar-refractivity contribution is 6.32. The Labute approximate surface area is 465 Å². The number of aromatic hydroxyl groups is 1. The molecule has 2 aromatic heterocycles. The van der Waals surface area contributed by atoms with Gasteiger partial charge < -0.3 is 54.7 Å². The number of Topliss-reactive ketones (excluding diaryl/α,β-unsaturated/α-hetero) is 3. The van der Waals surface area contributed by atoms with Crippen LogP contribution in [0.5, 0.6) is 11.5 Å². The summed E-state index contributed by atoms with van der Waals surface area (Å²) < 4.78 is 41.4. The van der Waals surface area contributed by atoms with Crippen molar-refractivity contribution in [1.82, 2.24) is 19.9 Å². The number of likely N-dealkylation sites (tertiary alicyclic amines) is 1. The SMILES string of the molecule is CO[C@H]1/C=C/O[C@@]2(C)Oc3c(C)c(O)c4c(c3C2=O)C(=O)C(N2CCC(CN[C@H]3CCN(c5c(F)cn6c(=O)c(C)cc(C7CC7)c6c5C)C3)CC2)=C(NC(=O)/C(C)=C\C=C\[C@H](C)[C@H](O)[C@@H](C)[C@@H](O)[C@@H](C)[C@H](OC(C)=O)[C@@H]1C)C4=O. The van der Waals surface area contributed by atoms with E-state index in [1.54, 1.807) is 51.7 Å². The van der Waals surface area contributed by atoms with Gasteiger partial charge in [-0.3, -0.25) is 33.2 Å². The number of phenolic OH excluding ortho intramolecular Hbond substituents is 1. The highest BCUT2D eigenvalue weighted by Gasteiger charge is 2.53. The van der Waals surface area contributed by atoms with Gasteiger partial charge in [0, 0.05) is 93.5 Å². The number of halogens is 1. The minimum Gasteiger partial charge on any atom is -0.507 e. The van der Waals surface area contributed by atoms with Gasteiger partial charge in [-0.2, -0.15) is 0 Å². The predicted octanol–water partition coefficient (Wildman–Crippen LogP) is 6.78. The number of ether oxygens (including phenoxy) is 4. The van der Waals surface area contributed by atoms with E-state index < -0.39 is 100 Å². The highest BCUT2D eigenvalue weighted by atomic mass is 19.1. The second kappa shape index (κ2) is 22.7. The molecule has 1 amide bonds. The van der Waals surface area contributed by atoms with E-state index in [1.165, 1.54) is 63.8 Å². The molecule has 5 aliphatic heterocycles. The van der Waals surface area contributed by atoms with Crippen LogP contribution in [-0.4, -0.2) is 130 Å². The summed E-state index contributed by atoms with van der Waals surface area (Å²) in [6, 6.07) is 2.01. The lowest BCUT2D eigenvalue weighted by molar-refractivity contribution is -0.160. The third kappa shape index (κ3) is 10.6. The summed E-state index contributed by atoms with van der Waals surface area (Å²) in [5.41, 5.74) is 2.03. The number of amides is 1. The number of benzene rings is 1. The number of aliphatic hydroxyl groups excluding tert-OH is 2. The first-order chi connectivity index (χ1) is 37.9. The van der Waals surface area contributed by atoms with Crippen LogP contribution in [0.2, 0.25) is 0 Å². The molecule has 5 N–H and O–H groups in total. The van der Waals surface area contributed by atoms with Gasteiger partial charge in [-0.05, 0) is 101 Å². The number of pyridine rings is 2. The van der Waals surface area contributed by atoms with Gasteiger partial charge in [-0.25, -0.2) is 4.39 Å². The summed E-state index contributed by atoms with van der Waals surface area (Å²) in [4.78, 5) is 88.8. The maximum atomic E-state index is 16.0. The lowest BCUT2D eigenvalue weighted by Crippen LogP contribution is -2.46. The molecule has 3 aromatic rings. The van der Waals surface area contributed by atoms with Crippen LogP contribution in [-0.2, 0) is 23.8 Å². The lowest BCUT2D eigenvalue weighted by Gasteiger charge is -2.38. The monoisotopic (exact) mass is 1110 g/mol. The van der Waals surface area contributed by atoms with Crippen molar-refractivity contribution in [2.45, 2.75) is 144 Å². The van der Waals surface area contributed by atoms with Gasteiger partial charge in [0.2, 0.25) is 11.6 Å². The lowest BCUT2D eigenvalue weighted by atomic mass is 9.78. The number of piperidine rings is 1. The molecule has 1 aromatic carbocycles. The second-order valence-corrected chi connectivity index (χ2v) is 23.3. The molecule has 3 fully saturated rings. The van der Waals surface area contributed by atoms with E-state index in [0.29, 0.717) is 49.6 Å². The van der Waals surface area contributed by atoms with Crippen LogP contribution in [0.3, 0.4) is 0 Å².